The topological polar surface area (TPSA) is 35.3 Å². The van der Waals surface area contributed by atoms with E-state index in [1.807, 2.05) is 55.5 Å². The number of benzene rings is 2. The highest BCUT2D eigenvalue weighted by Crippen LogP contribution is 2.26. The minimum Gasteiger partial charge on any atom is -0.489 e. The van der Waals surface area contributed by atoms with Gasteiger partial charge in [-0.25, -0.2) is 0 Å². The van der Waals surface area contributed by atoms with Crippen molar-refractivity contribution in [3.63, 3.8) is 0 Å². The lowest BCUT2D eigenvalue weighted by atomic mass is 10.1. The van der Waals surface area contributed by atoms with E-state index in [4.69, 9.17) is 20.9 Å². The van der Waals surface area contributed by atoms with Gasteiger partial charge in [0.05, 0.1) is 0 Å². The summed E-state index contributed by atoms with van der Waals surface area (Å²) in [5.74, 6) is 0.808. The Morgan fingerprint density at radius 2 is 1.90 bits per heavy atom. The van der Waals surface area contributed by atoms with Crippen LogP contribution in [0.1, 0.15) is 11.1 Å². The molecule has 3 rings (SSSR count). The lowest BCUT2D eigenvalue weighted by Gasteiger charge is -2.10. The van der Waals surface area contributed by atoms with Crippen LogP contribution in [0.2, 0.25) is 5.02 Å². The first-order chi connectivity index (χ1) is 10.2. The Morgan fingerprint density at radius 1 is 1.10 bits per heavy atom. The van der Waals surface area contributed by atoms with Gasteiger partial charge in [-0.05, 0) is 24.6 Å². The maximum absolute atomic E-state index is 6.08. The molecule has 0 atom stereocenters. The van der Waals surface area contributed by atoms with Crippen LogP contribution in [0.5, 0.6) is 5.75 Å². The average molecular weight is 300 g/mol. The molecule has 0 unspecified atom stereocenters. The number of hydrogen-bond acceptors (Lipinski definition) is 3. The summed E-state index contributed by atoms with van der Waals surface area (Å²) in [7, 11) is 0. The Morgan fingerprint density at radius 3 is 2.62 bits per heavy atom. The smallest absolute Gasteiger partial charge is 0.124 e. The van der Waals surface area contributed by atoms with Crippen LogP contribution in [0.25, 0.3) is 11.3 Å². The van der Waals surface area contributed by atoms with Crippen LogP contribution in [-0.2, 0) is 6.61 Å². The quantitative estimate of drug-likeness (QED) is 0.688. The largest absolute Gasteiger partial charge is 0.489 e. The number of nitrogens with zero attached hydrogens (tertiary/aromatic N) is 1. The van der Waals surface area contributed by atoms with Gasteiger partial charge >= 0.3 is 0 Å². The minimum atomic E-state index is 0.500. The normalized spacial score (nSPS) is 10.6. The van der Waals surface area contributed by atoms with Gasteiger partial charge in [0.2, 0.25) is 0 Å². The molecule has 0 amide bonds. The molecule has 1 aromatic heterocycles. The van der Waals surface area contributed by atoms with Gasteiger partial charge in [0.1, 0.15) is 24.3 Å². The van der Waals surface area contributed by atoms with E-state index in [2.05, 4.69) is 5.16 Å². The van der Waals surface area contributed by atoms with Crippen molar-refractivity contribution >= 4 is 11.6 Å². The first-order valence-corrected chi connectivity index (χ1v) is 6.99. The predicted molar refractivity (Wildman–Crippen MR) is 82.5 cm³/mol. The van der Waals surface area contributed by atoms with Crippen LogP contribution < -0.4 is 4.74 Å². The zero-order valence-electron chi connectivity index (χ0n) is 11.5. The Labute approximate surface area is 128 Å². The molecule has 1 heterocycles. The molecule has 0 saturated carbocycles. The summed E-state index contributed by atoms with van der Waals surface area (Å²) in [6.07, 6.45) is 1.56. The van der Waals surface area contributed by atoms with Crippen molar-refractivity contribution < 1.29 is 9.26 Å². The van der Waals surface area contributed by atoms with Crippen LogP contribution in [-0.4, -0.2) is 5.16 Å². The molecular weight excluding hydrogens is 286 g/mol. The highest BCUT2D eigenvalue weighted by Gasteiger charge is 2.04. The third-order valence-corrected chi connectivity index (χ3v) is 3.71. The van der Waals surface area contributed by atoms with E-state index < -0.39 is 0 Å². The lowest BCUT2D eigenvalue weighted by Crippen LogP contribution is -1.97. The first-order valence-electron chi connectivity index (χ1n) is 6.61. The van der Waals surface area contributed by atoms with Gasteiger partial charge in [0.25, 0.3) is 0 Å². The number of rotatable bonds is 4. The van der Waals surface area contributed by atoms with E-state index in [0.29, 0.717) is 11.6 Å². The summed E-state index contributed by atoms with van der Waals surface area (Å²) in [5, 5.41) is 4.63. The predicted octanol–water partition coefficient (Wildman–Crippen LogP) is 4.88. The van der Waals surface area contributed by atoms with Crippen molar-refractivity contribution in [2.24, 2.45) is 0 Å². The fourth-order valence-corrected chi connectivity index (χ4v) is 2.20. The molecule has 0 aliphatic heterocycles. The summed E-state index contributed by atoms with van der Waals surface area (Å²) >= 11 is 6.08. The highest BCUT2D eigenvalue weighted by molar-refractivity contribution is 6.31. The molecule has 0 radical (unpaired) electrons. The van der Waals surface area contributed by atoms with Crippen molar-refractivity contribution in [2.45, 2.75) is 13.5 Å². The van der Waals surface area contributed by atoms with Crippen LogP contribution in [0, 0.1) is 6.92 Å². The number of halogens is 1. The third-order valence-electron chi connectivity index (χ3n) is 3.30. The van der Waals surface area contributed by atoms with Gasteiger partial charge < -0.3 is 9.26 Å². The van der Waals surface area contributed by atoms with Crippen LogP contribution in [0.3, 0.4) is 0 Å². The van der Waals surface area contributed by atoms with Crippen LogP contribution >= 0.6 is 11.6 Å². The monoisotopic (exact) mass is 299 g/mol. The Kier molecular flexibility index (Phi) is 3.93. The molecule has 0 aliphatic rings. The molecule has 106 valence electrons. The summed E-state index contributed by atoms with van der Waals surface area (Å²) < 4.78 is 10.7. The van der Waals surface area contributed by atoms with E-state index in [1.54, 1.807) is 6.26 Å². The SMILES string of the molecule is Cc1c(Cl)cccc1OCc1ccc(-c2ccon2)cc1. The van der Waals surface area contributed by atoms with Crippen LogP contribution in [0.4, 0.5) is 0 Å². The van der Waals surface area contributed by atoms with Crippen molar-refractivity contribution in [1.82, 2.24) is 5.16 Å². The van der Waals surface area contributed by atoms with Crippen molar-refractivity contribution in [1.29, 1.82) is 0 Å². The van der Waals surface area contributed by atoms with Crippen LogP contribution in [0.15, 0.2) is 59.3 Å². The number of ether oxygens (including phenoxy) is 1. The van der Waals surface area contributed by atoms with Gasteiger partial charge in [-0.15, -0.1) is 0 Å². The first kappa shape index (κ1) is 13.7. The zero-order chi connectivity index (χ0) is 14.7. The summed E-state index contributed by atoms with van der Waals surface area (Å²) in [6.45, 7) is 2.45. The molecule has 0 aliphatic carbocycles. The number of hydrogen-bond donors (Lipinski definition) is 0. The number of aromatic nitrogens is 1. The maximum atomic E-state index is 6.08. The van der Waals surface area contributed by atoms with Gasteiger partial charge in [-0.2, -0.15) is 0 Å². The second-order valence-corrected chi connectivity index (χ2v) is 5.14. The fraction of sp³-hybridized carbons (Fsp3) is 0.118. The molecule has 0 spiro atoms. The summed E-state index contributed by atoms with van der Waals surface area (Å²) in [4.78, 5) is 0. The molecule has 21 heavy (non-hydrogen) atoms. The second-order valence-electron chi connectivity index (χ2n) is 4.73. The molecule has 0 fully saturated rings. The summed E-state index contributed by atoms with van der Waals surface area (Å²) in [6, 6.07) is 15.5. The third kappa shape index (κ3) is 3.09. The molecule has 2 aromatic carbocycles. The molecule has 3 aromatic rings. The van der Waals surface area contributed by atoms with E-state index in [0.717, 1.165) is 28.1 Å². The molecule has 4 heteroatoms. The second kappa shape index (κ2) is 6.02. The molecule has 0 N–H and O–H groups in total. The molecule has 3 nitrogen and oxygen atoms in total. The van der Waals surface area contributed by atoms with Crippen molar-refractivity contribution in [3.05, 3.63) is 70.9 Å². The highest BCUT2D eigenvalue weighted by atomic mass is 35.5. The van der Waals surface area contributed by atoms with E-state index in [9.17, 15) is 0 Å². The minimum absolute atomic E-state index is 0.500. The zero-order valence-corrected chi connectivity index (χ0v) is 12.3. The van der Waals surface area contributed by atoms with Crippen molar-refractivity contribution in [3.8, 4) is 17.0 Å². The maximum Gasteiger partial charge on any atom is 0.124 e. The Bertz CT molecular complexity index is 721. The van der Waals surface area contributed by atoms with Gasteiger partial charge in [0.15, 0.2) is 0 Å². The molecular formula is C17H14ClNO2. The standard InChI is InChI=1S/C17H14ClNO2/c1-12-15(18)3-2-4-17(12)20-11-13-5-7-14(8-6-13)16-9-10-21-19-16/h2-10H,11H2,1H3. The fourth-order valence-electron chi connectivity index (χ4n) is 2.04. The molecule has 0 bridgehead atoms. The Balaban J connectivity index is 1.70. The van der Waals surface area contributed by atoms with E-state index in [1.165, 1.54) is 0 Å². The van der Waals surface area contributed by atoms with Gasteiger partial charge in [-0.3, -0.25) is 0 Å². The van der Waals surface area contributed by atoms with E-state index in [-0.39, 0.29) is 0 Å². The van der Waals surface area contributed by atoms with Crippen molar-refractivity contribution in [2.75, 3.05) is 0 Å². The van der Waals surface area contributed by atoms with Gasteiger partial charge in [0, 0.05) is 22.2 Å². The lowest BCUT2D eigenvalue weighted by molar-refractivity contribution is 0.304. The molecule has 0 saturated heterocycles. The Hall–Kier alpha value is -2.26. The van der Waals surface area contributed by atoms with E-state index >= 15 is 0 Å². The van der Waals surface area contributed by atoms with Gasteiger partial charge in [-0.1, -0.05) is 47.1 Å². The average Bonchev–Trinajstić information content (AvgIpc) is 3.04. The summed E-state index contributed by atoms with van der Waals surface area (Å²) in [5.41, 5.74) is 3.89.